The van der Waals surface area contributed by atoms with Crippen LogP contribution in [0, 0.1) is 5.92 Å². The molecule has 2 unspecified atom stereocenters. The average molecular weight is 280 g/mol. The van der Waals surface area contributed by atoms with Crippen molar-refractivity contribution in [2.75, 3.05) is 10.6 Å². The van der Waals surface area contributed by atoms with Crippen LogP contribution in [0.15, 0.2) is 54.6 Å². The summed E-state index contributed by atoms with van der Waals surface area (Å²) in [5.41, 5.74) is 3.48. The SMILES string of the molecule is CC1CCCC(Nc2ccc(Nc3ccccc3)cc2)C1. The number of nitrogens with one attached hydrogen (secondary N) is 2. The minimum atomic E-state index is 0.640. The van der Waals surface area contributed by atoms with Gasteiger partial charge in [0.25, 0.3) is 0 Å². The van der Waals surface area contributed by atoms with Crippen molar-refractivity contribution in [3.63, 3.8) is 0 Å². The van der Waals surface area contributed by atoms with Crippen LogP contribution in [0.2, 0.25) is 0 Å². The molecule has 2 atom stereocenters. The lowest BCUT2D eigenvalue weighted by atomic mass is 9.87. The van der Waals surface area contributed by atoms with Crippen LogP contribution in [0.5, 0.6) is 0 Å². The van der Waals surface area contributed by atoms with Crippen molar-refractivity contribution in [1.29, 1.82) is 0 Å². The predicted molar refractivity (Wildman–Crippen MR) is 91.2 cm³/mol. The molecule has 110 valence electrons. The second-order valence-corrected chi connectivity index (χ2v) is 6.18. The van der Waals surface area contributed by atoms with Crippen molar-refractivity contribution in [3.8, 4) is 0 Å². The Morgan fingerprint density at radius 3 is 2.19 bits per heavy atom. The lowest BCUT2D eigenvalue weighted by Crippen LogP contribution is -2.26. The molecule has 0 heterocycles. The fourth-order valence-electron chi connectivity index (χ4n) is 3.14. The van der Waals surface area contributed by atoms with E-state index in [0.29, 0.717) is 6.04 Å². The van der Waals surface area contributed by atoms with E-state index in [1.165, 1.54) is 31.4 Å². The Bertz CT molecular complexity index is 548. The average Bonchev–Trinajstić information content (AvgIpc) is 2.50. The van der Waals surface area contributed by atoms with Gasteiger partial charge >= 0.3 is 0 Å². The normalized spacial score (nSPS) is 21.8. The van der Waals surface area contributed by atoms with Gasteiger partial charge in [-0.25, -0.2) is 0 Å². The number of para-hydroxylation sites is 1. The summed E-state index contributed by atoms with van der Waals surface area (Å²) in [7, 11) is 0. The van der Waals surface area contributed by atoms with Crippen LogP contribution >= 0.6 is 0 Å². The summed E-state index contributed by atoms with van der Waals surface area (Å²) in [5, 5.41) is 7.09. The van der Waals surface area contributed by atoms with Crippen molar-refractivity contribution < 1.29 is 0 Å². The van der Waals surface area contributed by atoms with E-state index in [4.69, 9.17) is 0 Å². The van der Waals surface area contributed by atoms with Crippen molar-refractivity contribution in [3.05, 3.63) is 54.6 Å². The molecule has 0 spiro atoms. The number of benzene rings is 2. The number of hydrogen-bond donors (Lipinski definition) is 2. The molecule has 0 saturated heterocycles. The lowest BCUT2D eigenvalue weighted by Gasteiger charge is -2.28. The molecule has 1 aliphatic rings. The molecular weight excluding hydrogens is 256 g/mol. The van der Waals surface area contributed by atoms with E-state index in [1.54, 1.807) is 0 Å². The maximum Gasteiger partial charge on any atom is 0.0385 e. The molecule has 0 aliphatic heterocycles. The van der Waals surface area contributed by atoms with Crippen LogP contribution in [0.4, 0.5) is 17.1 Å². The highest BCUT2D eigenvalue weighted by molar-refractivity contribution is 5.62. The minimum absolute atomic E-state index is 0.640. The number of hydrogen-bond acceptors (Lipinski definition) is 2. The highest BCUT2D eigenvalue weighted by Crippen LogP contribution is 2.27. The fraction of sp³-hybridized carbons (Fsp3) is 0.368. The van der Waals surface area contributed by atoms with E-state index in [-0.39, 0.29) is 0 Å². The number of anilines is 3. The summed E-state index contributed by atoms with van der Waals surface area (Å²) in [6.07, 6.45) is 5.34. The van der Waals surface area contributed by atoms with Crippen LogP contribution < -0.4 is 10.6 Å². The van der Waals surface area contributed by atoms with Gasteiger partial charge in [0.2, 0.25) is 0 Å². The molecule has 2 heteroatoms. The third-order valence-corrected chi connectivity index (χ3v) is 4.25. The first-order valence-electron chi connectivity index (χ1n) is 7.98. The van der Waals surface area contributed by atoms with E-state index in [2.05, 4.69) is 54.0 Å². The third kappa shape index (κ3) is 4.01. The predicted octanol–water partition coefficient (Wildman–Crippen LogP) is 5.42. The monoisotopic (exact) mass is 280 g/mol. The Balaban J connectivity index is 1.59. The quantitative estimate of drug-likeness (QED) is 0.781. The van der Waals surface area contributed by atoms with Crippen molar-refractivity contribution in [2.45, 2.75) is 38.6 Å². The molecule has 0 bridgehead atoms. The van der Waals surface area contributed by atoms with Crippen LogP contribution in [-0.4, -0.2) is 6.04 Å². The van der Waals surface area contributed by atoms with Gasteiger partial charge in [0, 0.05) is 23.1 Å². The lowest BCUT2D eigenvalue weighted by molar-refractivity contribution is 0.358. The molecule has 2 nitrogen and oxygen atoms in total. The molecule has 1 saturated carbocycles. The van der Waals surface area contributed by atoms with Gasteiger partial charge < -0.3 is 10.6 Å². The summed E-state index contributed by atoms with van der Waals surface area (Å²) in [5.74, 6) is 0.857. The van der Waals surface area contributed by atoms with Gasteiger partial charge in [-0.1, -0.05) is 38.0 Å². The first-order chi connectivity index (χ1) is 10.3. The molecule has 3 rings (SSSR count). The Morgan fingerprint density at radius 1 is 0.810 bits per heavy atom. The highest BCUT2D eigenvalue weighted by Gasteiger charge is 2.18. The Labute approximate surface area is 127 Å². The largest absolute Gasteiger partial charge is 0.382 e. The summed E-state index contributed by atoms with van der Waals surface area (Å²) in [6, 6.07) is 19.5. The van der Waals surface area contributed by atoms with Gasteiger partial charge in [-0.05, 0) is 55.2 Å². The topological polar surface area (TPSA) is 24.1 Å². The van der Waals surface area contributed by atoms with Crippen LogP contribution in [0.25, 0.3) is 0 Å². The molecular formula is C19H24N2. The zero-order valence-electron chi connectivity index (χ0n) is 12.7. The zero-order chi connectivity index (χ0) is 14.5. The second-order valence-electron chi connectivity index (χ2n) is 6.18. The maximum atomic E-state index is 3.67. The smallest absolute Gasteiger partial charge is 0.0385 e. The maximum absolute atomic E-state index is 3.67. The van der Waals surface area contributed by atoms with Crippen molar-refractivity contribution in [1.82, 2.24) is 0 Å². The van der Waals surface area contributed by atoms with E-state index in [1.807, 2.05) is 18.2 Å². The van der Waals surface area contributed by atoms with Crippen LogP contribution in [0.1, 0.15) is 32.6 Å². The van der Waals surface area contributed by atoms with E-state index in [0.717, 1.165) is 17.3 Å². The van der Waals surface area contributed by atoms with Gasteiger partial charge in [-0.2, -0.15) is 0 Å². The molecule has 21 heavy (non-hydrogen) atoms. The van der Waals surface area contributed by atoms with Gasteiger partial charge in [-0.3, -0.25) is 0 Å². The molecule has 1 aliphatic carbocycles. The molecule has 0 aromatic heterocycles. The van der Waals surface area contributed by atoms with Crippen molar-refractivity contribution in [2.24, 2.45) is 5.92 Å². The van der Waals surface area contributed by atoms with Crippen LogP contribution in [0.3, 0.4) is 0 Å². The number of rotatable bonds is 4. The first kappa shape index (κ1) is 14.0. The summed E-state index contributed by atoms with van der Waals surface area (Å²) in [4.78, 5) is 0. The molecule has 1 fully saturated rings. The van der Waals surface area contributed by atoms with E-state index >= 15 is 0 Å². The molecule has 0 amide bonds. The molecule has 2 aromatic carbocycles. The Morgan fingerprint density at radius 2 is 1.48 bits per heavy atom. The molecule has 2 aromatic rings. The van der Waals surface area contributed by atoms with Gasteiger partial charge in [0.15, 0.2) is 0 Å². The highest BCUT2D eigenvalue weighted by atomic mass is 14.9. The molecule has 0 radical (unpaired) electrons. The summed E-state index contributed by atoms with van der Waals surface area (Å²) >= 11 is 0. The standard InChI is InChI=1S/C19H24N2/c1-15-6-5-9-19(14-15)21-18-12-10-17(11-13-18)20-16-7-3-2-4-8-16/h2-4,7-8,10-13,15,19-21H,5-6,9,14H2,1H3. The van der Waals surface area contributed by atoms with Gasteiger partial charge in [0.05, 0.1) is 0 Å². The zero-order valence-corrected chi connectivity index (χ0v) is 12.7. The van der Waals surface area contributed by atoms with Crippen LogP contribution in [-0.2, 0) is 0 Å². The first-order valence-corrected chi connectivity index (χ1v) is 7.98. The third-order valence-electron chi connectivity index (χ3n) is 4.25. The van der Waals surface area contributed by atoms with E-state index < -0.39 is 0 Å². The fourth-order valence-corrected chi connectivity index (χ4v) is 3.14. The second kappa shape index (κ2) is 6.66. The summed E-state index contributed by atoms with van der Waals surface area (Å²) < 4.78 is 0. The Hall–Kier alpha value is -1.96. The van der Waals surface area contributed by atoms with E-state index in [9.17, 15) is 0 Å². The minimum Gasteiger partial charge on any atom is -0.382 e. The van der Waals surface area contributed by atoms with Gasteiger partial charge in [0.1, 0.15) is 0 Å². The summed E-state index contributed by atoms with van der Waals surface area (Å²) in [6.45, 7) is 2.36. The molecule has 2 N–H and O–H groups in total. The van der Waals surface area contributed by atoms with Gasteiger partial charge in [-0.15, -0.1) is 0 Å². The van der Waals surface area contributed by atoms with Crippen molar-refractivity contribution >= 4 is 17.1 Å². The Kier molecular flexibility index (Phi) is 4.44.